The van der Waals surface area contributed by atoms with E-state index in [1.165, 1.54) is 11.6 Å². The summed E-state index contributed by atoms with van der Waals surface area (Å²) in [6.07, 6.45) is -1.53. The first kappa shape index (κ1) is 21.6. The molecular formula is C22H20F3N5O2. The predicted octanol–water partition coefficient (Wildman–Crippen LogP) is 4.18. The molecule has 4 aromatic rings. The molecule has 0 radical (unpaired) electrons. The molecule has 10 heteroatoms. The highest BCUT2D eigenvalue weighted by molar-refractivity contribution is 5.93. The van der Waals surface area contributed by atoms with Crippen molar-refractivity contribution < 1.29 is 22.7 Å². The fourth-order valence-corrected chi connectivity index (χ4v) is 3.45. The van der Waals surface area contributed by atoms with Crippen molar-refractivity contribution >= 4 is 16.8 Å². The minimum atomic E-state index is -4.53. The van der Waals surface area contributed by atoms with E-state index in [0.29, 0.717) is 23.6 Å². The van der Waals surface area contributed by atoms with Crippen LogP contribution in [-0.4, -0.2) is 32.3 Å². The number of hydrogen-bond acceptors (Lipinski definition) is 5. The van der Waals surface area contributed by atoms with Crippen LogP contribution in [0.1, 0.15) is 21.9 Å². The van der Waals surface area contributed by atoms with E-state index in [1.807, 2.05) is 13.1 Å². The zero-order valence-electron chi connectivity index (χ0n) is 17.3. The molecule has 1 aromatic carbocycles. The third kappa shape index (κ3) is 4.50. The normalized spacial score (nSPS) is 11.8. The molecule has 0 atom stereocenters. The topological polar surface area (TPSA) is 74.0 Å². The number of alkyl halides is 3. The standard InChI is InChI=1S/C22H20F3N5O2/c1-26-13-16-10-18(5-7-27-16)32-17-3-4-19-14(9-17)6-8-30(19)21(31)12-15-11-20(22(23,24)25)29(2)28-15/h3-11,26H,12-13H2,1-2H3. The summed E-state index contributed by atoms with van der Waals surface area (Å²) in [7, 11) is 3.03. The van der Waals surface area contributed by atoms with Crippen LogP contribution in [-0.2, 0) is 26.2 Å². The van der Waals surface area contributed by atoms with Gasteiger partial charge in [0.25, 0.3) is 0 Å². The molecule has 0 fully saturated rings. The van der Waals surface area contributed by atoms with E-state index in [2.05, 4.69) is 15.4 Å². The zero-order valence-corrected chi connectivity index (χ0v) is 17.3. The molecule has 0 aliphatic rings. The Morgan fingerprint density at radius 2 is 1.88 bits per heavy atom. The van der Waals surface area contributed by atoms with Gasteiger partial charge >= 0.3 is 6.18 Å². The van der Waals surface area contributed by atoms with E-state index in [1.54, 1.807) is 42.7 Å². The monoisotopic (exact) mass is 443 g/mol. The molecule has 0 spiro atoms. The molecule has 4 rings (SSSR count). The molecule has 0 unspecified atom stereocenters. The number of pyridine rings is 1. The molecule has 0 aliphatic heterocycles. The quantitative estimate of drug-likeness (QED) is 0.484. The predicted molar refractivity (Wildman–Crippen MR) is 112 cm³/mol. The highest BCUT2D eigenvalue weighted by Crippen LogP contribution is 2.30. The van der Waals surface area contributed by atoms with Gasteiger partial charge in [-0.05, 0) is 43.4 Å². The van der Waals surface area contributed by atoms with E-state index in [4.69, 9.17) is 4.74 Å². The molecule has 0 amide bonds. The fourth-order valence-electron chi connectivity index (χ4n) is 3.45. The van der Waals surface area contributed by atoms with E-state index in [-0.39, 0.29) is 18.0 Å². The van der Waals surface area contributed by atoms with Gasteiger partial charge in [-0.3, -0.25) is 19.0 Å². The van der Waals surface area contributed by atoms with Crippen LogP contribution >= 0.6 is 0 Å². The molecule has 0 bridgehead atoms. The lowest BCUT2D eigenvalue weighted by atomic mass is 10.2. The summed E-state index contributed by atoms with van der Waals surface area (Å²) in [5, 5.41) is 7.61. The smallest absolute Gasteiger partial charge is 0.433 e. The van der Waals surface area contributed by atoms with Gasteiger partial charge in [0.05, 0.1) is 23.3 Å². The van der Waals surface area contributed by atoms with Crippen LogP contribution in [0.25, 0.3) is 10.9 Å². The summed E-state index contributed by atoms with van der Waals surface area (Å²) < 4.78 is 46.9. The van der Waals surface area contributed by atoms with Crippen molar-refractivity contribution in [2.45, 2.75) is 19.1 Å². The molecule has 166 valence electrons. The van der Waals surface area contributed by atoms with Gasteiger partial charge < -0.3 is 10.1 Å². The van der Waals surface area contributed by atoms with E-state index in [9.17, 15) is 18.0 Å². The van der Waals surface area contributed by atoms with E-state index >= 15 is 0 Å². The van der Waals surface area contributed by atoms with Crippen LogP contribution in [0.15, 0.2) is 54.9 Å². The van der Waals surface area contributed by atoms with Gasteiger partial charge in [-0.15, -0.1) is 0 Å². The summed E-state index contributed by atoms with van der Waals surface area (Å²) in [6, 6.07) is 11.5. The Morgan fingerprint density at radius 3 is 2.59 bits per heavy atom. The van der Waals surface area contributed by atoms with Crippen molar-refractivity contribution in [1.82, 2.24) is 24.6 Å². The number of fused-ring (bicyclic) bond motifs is 1. The Hall–Kier alpha value is -3.66. The van der Waals surface area contributed by atoms with Gasteiger partial charge in [0.1, 0.15) is 17.2 Å². The lowest BCUT2D eigenvalue weighted by Crippen LogP contribution is -2.12. The second-order valence-corrected chi connectivity index (χ2v) is 7.23. The molecule has 1 N–H and O–H groups in total. The van der Waals surface area contributed by atoms with Crippen molar-refractivity contribution in [1.29, 1.82) is 0 Å². The maximum Gasteiger partial charge on any atom is 0.433 e. The summed E-state index contributed by atoms with van der Waals surface area (Å²) >= 11 is 0. The maximum atomic E-state index is 13.0. The van der Waals surface area contributed by atoms with Crippen molar-refractivity contribution in [2.24, 2.45) is 7.05 Å². The summed E-state index contributed by atoms with van der Waals surface area (Å²) in [6.45, 7) is 0.613. The number of rotatable bonds is 6. The number of carbonyl (C=O) groups is 1. The van der Waals surface area contributed by atoms with Crippen LogP contribution < -0.4 is 10.1 Å². The molecule has 3 heterocycles. The first-order valence-electron chi connectivity index (χ1n) is 9.76. The van der Waals surface area contributed by atoms with Gasteiger partial charge in [0.2, 0.25) is 5.91 Å². The molecule has 32 heavy (non-hydrogen) atoms. The van der Waals surface area contributed by atoms with Crippen LogP contribution in [0, 0.1) is 0 Å². The molecule has 7 nitrogen and oxygen atoms in total. The van der Waals surface area contributed by atoms with Crippen molar-refractivity contribution in [2.75, 3.05) is 7.05 Å². The van der Waals surface area contributed by atoms with Crippen LogP contribution in [0.3, 0.4) is 0 Å². The summed E-state index contributed by atoms with van der Waals surface area (Å²) in [5.41, 5.74) is 0.626. The number of ether oxygens (including phenoxy) is 1. The first-order valence-corrected chi connectivity index (χ1v) is 9.76. The van der Waals surface area contributed by atoms with Crippen molar-refractivity contribution in [3.8, 4) is 11.5 Å². The number of halogens is 3. The molecule has 0 saturated heterocycles. The third-order valence-electron chi connectivity index (χ3n) is 4.87. The minimum Gasteiger partial charge on any atom is -0.457 e. The van der Waals surface area contributed by atoms with Gasteiger partial charge in [0.15, 0.2) is 0 Å². The Labute approximate surface area is 181 Å². The number of nitrogens with zero attached hydrogens (tertiary/aromatic N) is 4. The largest absolute Gasteiger partial charge is 0.457 e. The average Bonchev–Trinajstić information content (AvgIpc) is 3.31. The summed E-state index contributed by atoms with van der Waals surface area (Å²) in [4.78, 5) is 17.0. The molecule has 0 saturated carbocycles. The number of benzene rings is 1. The second kappa shape index (κ2) is 8.46. The zero-order chi connectivity index (χ0) is 22.9. The second-order valence-electron chi connectivity index (χ2n) is 7.23. The molecule has 0 aliphatic carbocycles. The lowest BCUT2D eigenvalue weighted by Gasteiger charge is -2.08. The Balaban J connectivity index is 1.53. The molecule has 3 aromatic heterocycles. The van der Waals surface area contributed by atoms with Crippen molar-refractivity contribution in [3.63, 3.8) is 0 Å². The maximum absolute atomic E-state index is 13.0. The number of hydrogen-bond donors (Lipinski definition) is 1. The van der Waals surface area contributed by atoms with Gasteiger partial charge in [-0.2, -0.15) is 18.3 Å². The van der Waals surface area contributed by atoms with Crippen molar-refractivity contribution in [3.05, 3.63) is 71.9 Å². The third-order valence-corrected chi connectivity index (χ3v) is 4.87. The number of aromatic nitrogens is 4. The Morgan fingerprint density at radius 1 is 1.09 bits per heavy atom. The Bertz CT molecular complexity index is 1280. The highest BCUT2D eigenvalue weighted by Gasteiger charge is 2.35. The average molecular weight is 443 g/mol. The summed E-state index contributed by atoms with van der Waals surface area (Å²) in [5.74, 6) is 0.839. The van der Waals surface area contributed by atoms with Gasteiger partial charge in [0, 0.05) is 37.4 Å². The Kier molecular flexibility index (Phi) is 5.70. The highest BCUT2D eigenvalue weighted by atomic mass is 19.4. The first-order chi connectivity index (χ1) is 15.2. The van der Waals surface area contributed by atoms with Gasteiger partial charge in [-0.25, -0.2) is 0 Å². The lowest BCUT2D eigenvalue weighted by molar-refractivity contribution is -0.143. The minimum absolute atomic E-state index is 0.0571. The number of carbonyl (C=O) groups excluding carboxylic acids is 1. The van der Waals surface area contributed by atoms with E-state index in [0.717, 1.165) is 21.8 Å². The fraction of sp³-hybridized carbons (Fsp3) is 0.227. The number of aryl methyl sites for hydroxylation is 1. The molecular weight excluding hydrogens is 423 g/mol. The van der Waals surface area contributed by atoms with Crippen LogP contribution in [0.5, 0.6) is 11.5 Å². The van der Waals surface area contributed by atoms with E-state index < -0.39 is 11.9 Å². The van der Waals surface area contributed by atoms with Gasteiger partial charge in [-0.1, -0.05) is 0 Å². The number of nitrogens with one attached hydrogen (secondary N) is 1. The van der Waals surface area contributed by atoms with Crippen LogP contribution in [0.2, 0.25) is 0 Å². The van der Waals surface area contributed by atoms with Crippen LogP contribution in [0.4, 0.5) is 13.2 Å². The SMILES string of the molecule is CNCc1cc(Oc2ccc3c(ccn3C(=O)Cc3cc(C(F)(F)F)n(C)n3)c2)ccn1.